The maximum Gasteiger partial charge on any atom is 0.573 e. The van der Waals surface area contributed by atoms with Crippen molar-refractivity contribution >= 4 is 5.97 Å². The van der Waals surface area contributed by atoms with Crippen LogP contribution in [0.25, 0.3) is 0 Å². The minimum absolute atomic E-state index is 0.0589. The fraction of sp³-hybridized carbons (Fsp3) is 0.364. The average Bonchev–Trinajstić information content (AvgIpc) is 2.97. The molecule has 0 aliphatic heterocycles. The molecule has 0 aromatic heterocycles. The van der Waals surface area contributed by atoms with E-state index in [9.17, 15) is 18.0 Å². The number of hydrogen-bond acceptors (Lipinski definition) is 3. The smallest absolute Gasteiger partial charge is 0.426 e. The van der Waals surface area contributed by atoms with Gasteiger partial charge >= 0.3 is 12.3 Å². The first kappa shape index (κ1) is 11.8. The summed E-state index contributed by atoms with van der Waals surface area (Å²) in [5.41, 5.74) is 0. The molecule has 0 spiro atoms. The Morgan fingerprint density at radius 2 is 1.88 bits per heavy atom. The summed E-state index contributed by atoms with van der Waals surface area (Å²) in [5.74, 6) is -0.862. The minimum atomic E-state index is -4.75. The van der Waals surface area contributed by atoms with Gasteiger partial charge in [0.25, 0.3) is 0 Å². The highest BCUT2D eigenvalue weighted by Gasteiger charge is 2.33. The molecule has 92 valence electrons. The molecule has 1 aliphatic carbocycles. The second kappa shape index (κ2) is 4.27. The fourth-order valence-electron chi connectivity index (χ4n) is 1.25. The van der Waals surface area contributed by atoms with Crippen molar-refractivity contribution in [1.29, 1.82) is 0 Å². The van der Waals surface area contributed by atoms with E-state index in [1.807, 2.05) is 0 Å². The minimum Gasteiger partial charge on any atom is -0.426 e. The number of carbonyl (C=O) groups is 1. The van der Waals surface area contributed by atoms with Crippen LogP contribution in [0.15, 0.2) is 24.3 Å². The van der Waals surface area contributed by atoms with Crippen LogP contribution in [-0.2, 0) is 4.79 Å². The van der Waals surface area contributed by atoms with Crippen molar-refractivity contribution < 1.29 is 27.4 Å². The molecule has 0 atom stereocenters. The zero-order valence-electron chi connectivity index (χ0n) is 8.66. The third-order valence-corrected chi connectivity index (χ3v) is 2.17. The van der Waals surface area contributed by atoms with E-state index in [0.717, 1.165) is 25.0 Å². The van der Waals surface area contributed by atoms with E-state index in [1.54, 1.807) is 0 Å². The Hall–Kier alpha value is -1.72. The van der Waals surface area contributed by atoms with Gasteiger partial charge in [-0.15, -0.1) is 13.2 Å². The lowest BCUT2D eigenvalue weighted by molar-refractivity contribution is -0.274. The summed E-state index contributed by atoms with van der Waals surface area (Å²) in [6, 6.07) is 4.91. The van der Waals surface area contributed by atoms with E-state index < -0.39 is 18.1 Å². The number of ether oxygens (including phenoxy) is 2. The molecule has 1 saturated carbocycles. The lowest BCUT2D eigenvalue weighted by atomic mass is 10.3. The van der Waals surface area contributed by atoms with Gasteiger partial charge in [0.15, 0.2) is 0 Å². The van der Waals surface area contributed by atoms with Crippen LogP contribution >= 0.6 is 0 Å². The predicted molar refractivity (Wildman–Crippen MR) is 51.5 cm³/mol. The van der Waals surface area contributed by atoms with Gasteiger partial charge < -0.3 is 9.47 Å². The van der Waals surface area contributed by atoms with Crippen molar-refractivity contribution in [2.24, 2.45) is 5.92 Å². The van der Waals surface area contributed by atoms with Gasteiger partial charge in [-0.3, -0.25) is 4.79 Å². The normalized spacial score (nSPS) is 15.5. The van der Waals surface area contributed by atoms with E-state index in [0.29, 0.717) is 0 Å². The molecule has 0 saturated heterocycles. The van der Waals surface area contributed by atoms with Crippen molar-refractivity contribution in [3.63, 3.8) is 0 Å². The lowest BCUT2D eigenvalue weighted by Crippen LogP contribution is -2.17. The second-order valence-electron chi connectivity index (χ2n) is 3.72. The molecule has 0 heterocycles. The van der Waals surface area contributed by atoms with E-state index >= 15 is 0 Å². The molecule has 0 amide bonds. The van der Waals surface area contributed by atoms with Crippen LogP contribution in [0.5, 0.6) is 11.5 Å². The summed E-state index contributed by atoms with van der Waals surface area (Å²) >= 11 is 0. The Labute approximate surface area is 95.1 Å². The molecule has 0 N–H and O–H groups in total. The summed E-state index contributed by atoms with van der Waals surface area (Å²) < 4.78 is 44.4. The standard InChI is InChI=1S/C11H9F3O3/c12-11(13,14)17-9-3-1-2-8(6-9)16-10(15)7-4-5-7/h1-3,6-7H,4-5H2. The Balaban J connectivity index is 2.03. The predicted octanol–water partition coefficient (Wildman–Crippen LogP) is 2.90. The van der Waals surface area contributed by atoms with Gasteiger partial charge in [0, 0.05) is 6.07 Å². The summed E-state index contributed by atoms with van der Waals surface area (Å²) in [7, 11) is 0. The summed E-state index contributed by atoms with van der Waals surface area (Å²) in [6.07, 6.45) is -3.20. The van der Waals surface area contributed by atoms with Gasteiger partial charge in [0.1, 0.15) is 11.5 Å². The Bertz CT molecular complexity index is 424. The highest BCUT2D eigenvalue weighted by Crippen LogP contribution is 2.32. The largest absolute Gasteiger partial charge is 0.573 e. The zero-order valence-corrected chi connectivity index (χ0v) is 8.66. The fourth-order valence-corrected chi connectivity index (χ4v) is 1.25. The molecule has 1 fully saturated rings. The maximum absolute atomic E-state index is 11.9. The zero-order chi connectivity index (χ0) is 12.5. The van der Waals surface area contributed by atoms with Crippen LogP contribution in [0, 0.1) is 5.92 Å². The first-order chi connectivity index (χ1) is 7.94. The number of hydrogen-bond donors (Lipinski definition) is 0. The number of benzene rings is 1. The van der Waals surface area contributed by atoms with Crippen molar-refractivity contribution in [2.45, 2.75) is 19.2 Å². The van der Waals surface area contributed by atoms with Crippen molar-refractivity contribution in [1.82, 2.24) is 0 Å². The molecule has 2 rings (SSSR count). The lowest BCUT2D eigenvalue weighted by Gasteiger charge is -2.09. The third-order valence-electron chi connectivity index (χ3n) is 2.17. The molecule has 1 aliphatic rings. The topological polar surface area (TPSA) is 35.5 Å². The van der Waals surface area contributed by atoms with Crippen molar-refractivity contribution in [3.8, 4) is 11.5 Å². The average molecular weight is 246 g/mol. The maximum atomic E-state index is 11.9. The van der Waals surface area contributed by atoms with E-state index in [4.69, 9.17) is 4.74 Å². The van der Waals surface area contributed by atoms with Crippen LogP contribution in [-0.4, -0.2) is 12.3 Å². The highest BCUT2D eigenvalue weighted by atomic mass is 19.4. The first-order valence-electron chi connectivity index (χ1n) is 5.01. The number of carbonyl (C=O) groups excluding carboxylic acids is 1. The summed E-state index contributed by atoms with van der Waals surface area (Å²) in [5, 5.41) is 0. The van der Waals surface area contributed by atoms with Crippen LogP contribution in [0.2, 0.25) is 0 Å². The summed E-state index contributed by atoms with van der Waals surface area (Å²) in [4.78, 5) is 11.3. The second-order valence-corrected chi connectivity index (χ2v) is 3.72. The SMILES string of the molecule is O=C(Oc1cccc(OC(F)(F)F)c1)C1CC1. The molecule has 0 bridgehead atoms. The Kier molecular flexibility index (Phi) is 2.95. The van der Waals surface area contributed by atoms with E-state index in [2.05, 4.69) is 4.74 Å². The van der Waals surface area contributed by atoms with Gasteiger partial charge in [-0.05, 0) is 25.0 Å². The molecule has 3 nitrogen and oxygen atoms in total. The third kappa shape index (κ3) is 3.65. The number of halogens is 3. The molecular formula is C11H9F3O3. The quantitative estimate of drug-likeness (QED) is 0.607. The molecule has 17 heavy (non-hydrogen) atoms. The van der Waals surface area contributed by atoms with E-state index in [-0.39, 0.29) is 11.7 Å². The van der Waals surface area contributed by atoms with E-state index in [1.165, 1.54) is 12.1 Å². The monoisotopic (exact) mass is 246 g/mol. The van der Waals surface area contributed by atoms with Crippen LogP contribution < -0.4 is 9.47 Å². The number of rotatable bonds is 3. The van der Waals surface area contributed by atoms with Crippen LogP contribution in [0.4, 0.5) is 13.2 Å². The van der Waals surface area contributed by atoms with Gasteiger partial charge in [0.05, 0.1) is 5.92 Å². The first-order valence-corrected chi connectivity index (χ1v) is 5.01. The molecule has 0 unspecified atom stereocenters. The van der Waals surface area contributed by atoms with Crippen molar-refractivity contribution in [3.05, 3.63) is 24.3 Å². The van der Waals surface area contributed by atoms with Gasteiger partial charge in [-0.2, -0.15) is 0 Å². The number of alkyl halides is 3. The molecule has 1 aromatic carbocycles. The van der Waals surface area contributed by atoms with Gasteiger partial charge in [0.2, 0.25) is 0 Å². The molecule has 1 aromatic rings. The van der Waals surface area contributed by atoms with Gasteiger partial charge in [-0.25, -0.2) is 0 Å². The Morgan fingerprint density at radius 3 is 2.47 bits per heavy atom. The van der Waals surface area contributed by atoms with Crippen molar-refractivity contribution in [2.75, 3.05) is 0 Å². The molecule has 0 radical (unpaired) electrons. The molecular weight excluding hydrogens is 237 g/mol. The number of esters is 1. The van der Waals surface area contributed by atoms with Crippen LogP contribution in [0.1, 0.15) is 12.8 Å². The highest BCUT2D eigenvalue weighted by molar-refractivity contribution is 5.77. The summed E-state index contributed by atoms with van der Waals surface area (Å²) in [6.45, 7) is 0. The van der Waals surface area contributed by atoms with Gasteiger partial charge in [-0.1, -0.05) is 6.07 Å². The van der Waals surface area contributed by atoms with Crippen LogP contribution in [0.3, 0.4) is 0 Å². The molecule has 6 heteroatoms. The Morgan fingerprint density at radius 1 is 1.24 bits per heavy atom.